The van der Waals surface area contributed by atoms with Crippen molar-refractivity contribution in [2.24, 2.45) is 5.92 Å². The first-order valence-electron chi connectivity index (χ1n) is 9.36. The summed E-state index contributed by atoms with van der Waals surface area (Å²) in [7, 11) is 0. The topological polar surface area (TPSA) is 88.8 Å². The molecule has 0 spiro atoms. The maximum Gasteiger partial charge on any atom is 0.229 e. The van der Waals surface area contributed by atoms with Crippen molar-refractivity contribution >= 4 is 28.3 Å². The molecule has 1 aliphatic heterocycles. The standard InChI is InChI=1S/C19H23N7OS/c1-12-9-14(3)26(23-12)17-7-6-16(21-22-17)25-8-4-5-15(11-25)19(27)20-18-10-13(2)24-28-18/h6-7,9-10,15H,4-5,8,11H2,1-3H3,(H,20,27)/t15-/m0/s1. The number of amides is 1. The highest BCUT2D eigenvalue weighted by molar-refractivity contribution is 7.10. The Labute approximate surface area is 167 Å². The van der Waals surface area contributed by atoms with E-state index in [0.717, 1.165) is 47.3 Å². The van der Waals surface area contributed by atoms with E-state index in [1.54, 1.807) is 4.68 Å². The molecule has 3 aromatic rings. The molecule has 1 fully saturated rings. The Hall–Kier alpha value is -2.81. The van der Waals surface area contributed by atoms with Gasteiger partial charge >= 0.3 is 0 Å². The summed E-state index contributed by atoms with van der Waals surface area (Å²) in [5, 5.41) is 17.0. The molecular formula is C19H23N7OS. The van der Waals surface area contributed by atoms with Gasteiger partial charge < -0.3 is 10.2 Å². The van der Waals surface area contributed by atoms with Gasteiger partial charge in [-0.05, 0) is 69.4 Å². The van der Waals surface area contributed by atoms with Crippen LogP contribution >= 0.6 is 11.5 Å². The van der Waals surface area contributed by atoms with Crippen LogP contribution in [0.2, 0.25) is 0 Å². The molecule has 4 rings (SSSR count). The van der Waals surface area contributed by atoms with E-state index in [4.69, 9.17) is 0 Å². The third kappa shape index (κ3) is 3.89. The Balaban J connectivity index is 1.44. The SMILES string of the molecule is Cc1cc(NC(=O)[C@H]2CCCN(c3ccc(-n4nc(C)cc4C)nn3)C2)sn1. The molecule has 4 heterocycles. The second-order valence-electron chi connectivity index (χ2n) is 7.20. The number of carbonyl (C=O) groups is 1. The zero-order valence-electron chi connectivity index (χ0n) is 16.2. The molecule has 0 radical (unpaired) electrons. The van der Waals surface area contributed by atoms with Gasteiger partial charge in [-0.25, -0.2) is 4.68 Å². The second-order valence-corrected chi connectivity index (χ2v) is 8.00. The van der Waals surface area contributed by atoms with Crippen LogP contribution in [0.15, 0.2) is 24.3 Å². The third-order valence-electron chi connectivity index (χ3n) is 4.85. The van der Waals surface area contributed by atoms with E-state index in [2.05, 4.69) is 29.9 Å². The molecule has 9 heteroatoms. The summed E-state index contributed by atoms with van der Waals surface area (Å²) in [6.45, 7) is 7.38. The van der Waals surface area contributed by atoms with E-state index in [1.807, 2.05) is 45.0 Å². The maximum absolute atomic E-state index is 12.6. The van der Waals surface area contributed by atoms with Crippen molar-refractivity contribution < 1.29 is 4.79 Å². The van der Waals surface area contributed by atoms with Crippen molar-refractivity contribution in [3.63, 3.8) is 0 Å². The number of aryl methyl sites for hydroxylation is 3. The minimum atomic E-state index is -0.0753. The summed E-state index contributed by atoms with van der Waals surface area (Å²) in [5.41, 5.74) is 2.89. The highest BCUT2D eigenvalue weighted by Gasteiger charge is 2.27. The summed E-state index contributed by atoms with van der Waals surface area (Å²) in [5.74, 6) is 1.45. The van der Waals surface area contributed by atoms with Gasteiger partial charge in [-0.15, -0.1) is 10.2 Å². The van der Waals surface area contributed by atoms with Crippen LogP contribution in [0.3, 0.4) is 0 Å². The van der Waals surface area contributed by atoms with Crippen molar-refractivity contribution in [2.45, 2.75) is 33.6 Å². The molecule has 1 atom stereocenters. The normalized spacial score (nSPS) is 17.0. The van der Waals surface area contributed by atoms with E-state index in [9.17, 15) is 4.79 Å². The maximum atomic E-state index is 12.6. The molecule has 146 valence electrons. The molecule has 0 unspecified atom stereocenters. The highest BCUT2D eigenvalue weighted by Crippen LogP contribution is 2.24. The van der Waals surface area contributed by atoms with Gasteiger partial charge in [-0.2, -0.15) is 9.47 Å². The van der Waals surface area contributed by atoms with Gasteiger partial charge in [0.1, 0.15) is 5.00 Å². The first kappa shape index (κ1) is 18.5. The number of hydrogen-bond donors (Lipinski definition) is 1. The van der Waals surface area contributed by atoms with Crippen LogP contribution in [0, 0.1) is 26.7 Å². The summed E-state index contributed by atoms with van der Waals surface area (Å²) in [4.78, 5) is 14.8. The highest BCUT2D eigenvalue weighted by atomic mass is 32.1. The zero-order valence-corrected chi connectivity index (χ0v) is 17.0. The molecule has 8 nitrogen and oxygen atoms in total. The van der Waals surface area contributed by atoms with Gasteiger partial charge in [0.15, 0.2) is 11.6 Å². The van der Waals surface area contributed by atoms with Gasteiger partial charge in [0, 0.05) is 18.8 Å². The smallest absolute Gasteiger partial charge is 0.229 e. The fourth-order valence-electron chi connectivity index (χ4n) is 3.51. The van der Waals surface area contributed by atoms with E-state index in [-0.39, 0.29) is 11.8 Å². The van der Waals surface area contributed by atoms with E-state index >= 15 is 0 Å². The number of nitrogens with zero attached hydrogens (tertiary/aromatic N) is 6. The molecule has 1 amide bonds. The van der Waals surface area contributed by atoms with E-state index < -0.39 is 0 Å². The van der Waals surface area contributed by atoms with Crippen LogP contribution in [0.1, 0.15) is 29.9 Å². The molecule has 28 heavy (non-hydrogen) atoms. The van der Waals surface area contributed by atoms with Crippen molar-refractivity contribution in [3.05, 3.63) is 41.3 Å². The molecule has 1 N–H and O–H groups in total. The van der Waals surface area contributed by atoms with Gasteiger partial charge in [0.2, 0.25) is 5.91 Å². The zero-order chi connectivity index (χ0) is 19.7. The third-order valence-corrected chi connectivity index (χ3v) is 5.65. The van der Waals surface area contributed by atoms with Crippen molar-refractivity contribution in [1.29, 1.82) is 0 Å². The Bertz CT molecular complexity index is 979. The van der Waals surface area contributed by atoms with Gasteiger partial charge in [-0.1, -0.05) is 0 Å². The monoisotopic (exact) mass is 397 g/mol. The lowest BCUT2D eigenvalue weighted by Gasteiger charge is -2.32. The average molecular weight is 398 g/mol. The summed E-state index contributed by atoms with van der Waals surface area (Å²) < 4.78 is 6.00. The van der Waals surface area contributed by atoms with Gasteiger partial charge in [0.25, 0.3) is 0 Å². The summed E-state index contributed by atoms with van der Waals surface area (Å²) in [6.07, 6.45) is 1.82. The molecule has 3 aromatic heterocycles. The van der Waals surface area contributed by atoms with Crippen LogP contribution in [0.4, 0.5) is 10.8 Å². The fourth-order valence-corrected chi connectivity index (χ4v) is 4.17. The summed E-state index contributed by atoms with van der Waals surface area (Å²) >= 11 is 1.32. The number of piperidine rings is 1. The Kier molecular flexibility index (Phi) is 5.08. The predicted octanol–water partition coefficient (Wildman–Crippen LogP) is 2.90. The van der Waals surface area contributed by atoms with E-state index in [0.29, 0.717) is 12.4 Å². The number of anilines is 2. The fraction of sp³-hybridized carbons (Fsp3) is 0.421. The Morgan fingerprint density at radius 2 is 1.93 bits per heavy atom. The van der Waals surface area contributed by atoms with Crippen LogP contribution in [0.5, 0.6) is 0 Å². The molecule has 0 saturated carbocycles. The average Bonchev–Trinajstić information content (AvgIpc) is 3.26. The van der Waals surface area contributed by atoms with Crippen LogP contribution in [-0.4, -0.2) is 43.3 Å². The van der Waals surface area contributed by atoms with E-state index in [1.165, 1.54) is 11.5 Å². The van der Waals surface area contributed by atoms with Gasteiger partial charge in [0.05, 0.1) is 17.3 Å². The number of aromatic nitrogens is 5. The lowest BCUT2D eigenvalue weighted by atomic mass is 9.97. The van der Waals surface area contributed by atoms with Crippen LogP contribution in [-0.2, 0) is 4.79 Å². The van der Waals surface area contributed by atoms with Gasteiger partial charge in [-0.3, -0.25) is 4.79 Å². The first-order chi connectivity index (χ1) is 13.5. The summed E-state index contributed by atoms with van der Waals surface area (Å²) in [6, 6.07) is 7.78. The molecule has 0 aromatic carbocycles. The predicted molar refractivity (Wildman–Crippen MR) is 109 cm³/mol. The first-order valence-corrected chi connectivity index (χ1v) is 10.1. The quantitative estimate of drug-likeness (QED) is 0.728. The largest absolute Gasteiger partial charge is 0.354 e. The van der Waals surface area contributed by atoms with Crippen molar-refractivity contribution in [3.8, 4) is 5.82 Å². The van der Waals surface area contributed by atoms with Crippen molar-refractivity contribution in [2.75, 3.05) is 23.3 Å². The molecule has 1 aliphatic rings. The Morgan fingerprint density at radius 3 is 2.57 bits per heavy atom. The molecular weight excluding hydrogens is 374 g/mol. The molecule has 0 bridgehead atoms. The van der Waals surface area contributed by atoms with Crippen LogP contribution < -0.4 is 10.2 Å². The minimum Gasteiger partial charge on any atom is -0.354 e. The molecule has 0 aliphatic carbocycles. The molecule has 1 saturated heterocycles. The number of carbonyl (C=O) groups excluding carboxylic acids is 1. The number of nitrogens with one attached hydrogen (secondary N) is 1. The van der Waals surface area contributed by atoms with Crippen molar-refractivity contribution in [1.82, 2.24) is 24.4 Å². The number of hydrogen-bond acceptors (Lipinski definition) is 7. The Morgan fingerprint density at radius 1 is 1.14 bits per heavy atom. The lowest BCUT2D eigenvalue weighted by molar-refractivity contribution is -0.120. The number of rotatable bonds is 4. The second kappa shape index (κ2) is 7.67. The van der Waals surface area contributed by atoms with Crippen LogP contribution in [0.25, 0.3) is 5.82 Å². The lowest BCUT2D eigenvalue weighted by Crippen LogP contribution is -2.41. The minimum absolute atomic E-state index is 0.0422.